The second-order valence-corrected chi connectivity index (χ2v) is 5.91. The number of aryl methyl sites for hydroxylation is 1. The van der Waals surface area contributed by atoms with Gasteiger partial charge in [0.05, 0.1) is 0 Å². The highest BCUT2D eigenvalue weighted by atomic mass is 16.5. The van der Waals surface area contributed by atoms with Crippen LogP contribution in [0.3, 0.4) is 0 Å². The van der Waals surface area contributed by atoms with Gasteiger partial charge in [-0.1, -0.05) is 17.3 Å². The molecule has 1 aromatic heterocycles. The lowest BCUT2D eigenvalue weighted by molar-refractivity contribution is -0.129. The fourth-order valence-electron chi connectivity index (χ4n) is 2.40. The Morgan fingerprint density at radius 1 is 1.32 bits per heavy atom. The zero-order valence-corrected chi connectivity index (χ0v) is 15.0. The lowest BCUT2D eigenvalue weighted by atomic mass is 10.1. The third-order valence-corrected chi connectivity index (χ3v) is 3.78. The number of amides is 2. The minimum atomic E-state index is -0.456. The molecule has 0 aliphatic carbocycles. The Morgan fingerprint density at radius 3 is 2.68 bits per heavy atom. The van der Waals surface area contributed by atoms with Gasteiger partial charge in [-0.2, -0.15) is 0 Å². The molecule has 1 atom stereocenters. The van der Waals surface area contributed by atoms with Crippen LogP contribution in [0.15, 0.2) is 34.9 Å². The van der Waals surface area contributed by atoms with Crippen LogP contribution in [0.4, 0.5) is 11.5 Å². The molecule has 2 rings (SSSR count). The molecule has 2 aromatic rings. The highest BCUT2D eigenvalue weighted by Crippen LogP contribution is 2.15. The Kier molecular flexibility index (Phi) is 6.16. The molecule has 2 amide bonds. The Hall–Kier alpha value is -2.83. The second-order valence-electron chi connectivity index (χ2n) is 5.91. The highest BCUT2D eigenvalue weighted by Gasteiger charge is 2.15. The molecular formula is C18H24N4O3. The maximum absolute atomic E-state index is 12.2. The Labute approximate surface area is 147 Å². The van der Waals surface area contributed by atoms with Crippen LogP contribution in [0.25, 0.3) is 0 Å². The number of nitrogens with zero attached hydrogens (tertiary/aromatic N) is 2. The lowest BCUT2D eigenvalue weighted by Gasteiger charge is -2.20. The van der Waals surface area contributed by atoms with Crippen molar-refractivity contribution >= 4 is 23.3 Å². The maximum atomic E-state index is 12.2. The van der Waals surface area contributed by atoms with E-state index in [0.717, 1.165) is 11.3 Å². The molecule has 0 radical (unpaired) electrons. The topological polar surface area (TPSA) is 87.5 Å². The fraction of sp³-hybridized carbons (Fsp3) is 0.389. The molecule has 2 N–H and O–H groups in total. The van der Waals surface area contributed by atoms with Crippen molar-refractivity contribution in [3.05, 3.63) is 41.7 Å². The molecule has 0 aliphatic rings. The maximum Gasteiger partial charge on any atom is 0.247 e. The van der Waals surface area contributed by atoms with E-state index in [1.165, 1.54) is 0 Å². The molecule has 0 saturated carbocycles. The number of aromatic nitrogens is 1. The average Bonchev–Trinajstić information content (AvgIpc) is 2.97. The standard InChI is InChI=1S/C18H24N4O3/c1-5-22(14(4)23)11-15-7-6-8-16(10-15)19-13(3)18(24)20-17-9-12(2)25-21-17/h6-10,13,19H,5,11H2,1-4H3,(H,20,21,24). The summed E-state index contributed by atoms with van der Waals surface area (Å²) in [6.45, 7) is 8.23. The van der Waals surface area contributed by atoms with Gasteiger partial charge in [0.25, 0.3) is 0 Å². The van der Waals surface area contributed by atoms with Gasteiger partial charge in [0, 0.05) is 31.8 Å². The minimum Gasteiger partial charge on any atom is -0.374 e. The van der Waals surface area contributed by atoms with E-state index in [1.54, 1.807) is 31.7 Å². The molecule has 25 heavy (non-hydrogen) atoms. The molecule has 0 bridgehead atoms. The molecule has 1 heterocycles. The van der Waals surface area contributed by atoms with Crippen molar-refractivity contribution in [1.82, 2.24) is 10.1 Å². The van der Waals surface area contributed by atoms with Gasteiger partial charge in [-0.3, -0.25) is 9.59 Å². The number of nitrogens with one attached hydrogen (secondary N) is 2. The van der Waals surface area contributed by atoms with E-state index < -0.39 is 6.04 Å². The van der Waals surface area contributed by atoms with Crippen molar-refractivity contribution < 1.29 is 14.1 Å². The molecule has 7 nitrogen and oxygen atoms in total. The van der Waals surface area contributed by atoms with Crippen molar-refractivity contribution in [2.75, 3.05) is 17.2 Å². The summed E-state index contributed by atoms with van der Waals surface area (Å²) >= 11 is 0. The summed E-state index contributed by atoms with van der Waals surface area (Å²) in [5, 5.41) is 9.60. The molecular weight excluding hydrogens is 320 g/mol. The molecule has 0 fully saturated rings. The number of hydrogen-bond acceptors (Lipinski definition) is 5. The number of hydrogen-bond donors (Lipinski definition) is 2. The average molecular weight is 344 g/mol. The van der Waals surface area contributed by atoms with Gasteiger partial charge in [-0.05, 0) is 38.5 Å². The van der Waals surface area contributed by atoms with Crippen molar-refractivity contribution in [2.45, 2.75) is 40.3 Å². The Balaban J connectivity index is 1.98. The monoisotopic (exact) mass is 344 g/mol. The Morgan fingerprint density at radius 2 is 2.08 bits per heavy atom. The molecule has 0 saturated heterocycles. The van der Waals surface area contributed by atoms with Gasteiger partial charge < -0.3 is 20.1 Å². The normalized spacial score (nSPS) is 11.7. The second kappa shape index (κ2) is 8.32. The number of rotatable bonds is 7. The van der Waals surface area contributed by atoms with E-state index in [0.29, 0.717) is 24.7 Å². The van der Waals surface area contributed by atoms with Crippen LogP contribution < -0.4 is 10.6 Å². The molecule has 0 aliphatic heterocycles. The first-order valence-electron chi connectivity index (χ1n) is 8.24. The summed E-state index contributed by atoms with van der Waals surface area (Å²) in [4.78, 5) is 25.5. The first kappa shape index (κ1) is 18.5. The van der Waals surface area contributed by atoms with E-state index in [9.17, 15) is 9.59 Å². The van der Waals surface area contributed by atoms with Gasteiger partial charge in [0.1, 0.15) is 11.8 Å². The van der Waals surface area contributed by atoms with Crippen molar-refractivity contribution in [3.63, 3.8) is 0 Å². The van der Waals surface area contributed by atoms with Crippen LogP contribution in [0.5, 0.6) is 0 Å². The SMILES string of the molecule is CCN(Cc1cccc(NC(C)C(=O)Nc2cc(C)on2)c1)C(C)=O. The molecule has 7 heteroatoms. The van der Waals surface area contributed by atoms with E-state index in [1.807, 2.05) is 31.2 Å². The van der Waals surface area contributed by atoms with Gasteiger partial charge in [-0.25, -0.2) is 0 Å². The van der Waals surface area contributed by atoms with Crippen LogP contribution >= 0.6 is 0 Å². The number of anilines is 2. The minimum absolute atomic E-state index is 0.0384. The third-order valence-electron chi connectivity index (χ3n) is 3.78. The summed E-state index contributed by atoms with van der Waals surface area (Å²) in [5.74, 6) is 0.855. The fourth-order valence-corrected chi connectivity index (χ4v) is 2.40. The molecule has 134 valence electrons. The summed E-state index contributed by atoms with van der Waals surface area (Å²) in [5.41, 5.74) is 1.82. The Bertz CT molecular complexity index is 741. The summed E-state index contributed by atoms with van der Waals surface area (Å²) < 4.78 is 4.93. The van der Waals surface area contributed by atoms with Gasteiger partial charge >= 0.3 is 0 Å². The van der Waals surface area contributed by atoms with Gasteiger partial charge in [-0.15, -0.1) is 0 Å². The first-order valence-corrected chi connectivity index (χ1v) is 8.24. The largest absolute Gasteiger partial charge is 0.374 e. The first-order chi connectivity index (χ1) is 11.9. The van der Waals surface area contributed by atoms with Crippen molar-refractivity contribution in [2.24, 2.45) is 0 Å². The van der Waals surface area contributed by atoms with Crippen LogP contribution in [0.1, 0.15) is 32.1 Å². The number of benzene rings is 1. The number of carbonyl (C=O) groups is 2. The number of carbonyl (C=O) groups excluding carboxylic acids is 2. The van der Waals surface area contributed by atoms with Crippen molar-refractivity contribution in [1.29, 1.82) is 0 Å². The van der Waals surface area contributed by atoms with Gasteiger partial charge in [0.15, 0.2) is 5.82 Å². The van der Waals surface area contributed by atoms with E-state index >= 15 is 0 Å². The smallest absolute Gasteiger partial charge is 0.247 e. The summed E-state index contributed by atoms with van der Waals surface area (Å²) in [6.07, 6.45) is 0. The lowest BCUT2D eigenvalue weighted by Crippen LogP contribution is -2.32. The molecule has 1 aromatic carbocycles. The van der Waals surface area contributed by atoms with E-state index in [-0.39, 0.29) is 11.8 Å². The quantitative estimate of drug-likeness (QED) is 0.806. The van der Waals surface area contributed by atoms with Crippen LogP contribution in [-0.4, -0.2) is 34.5 Å². The zero-order valence-electron chi connectivity index (χ0n) is 15.0. The zero-order chi connectivity index (χ0) is 18.4. The summed E-state index contributed by atoms with van der Waals surface area (Å²) in [7, 11) is 0. The predicted octanol–water partition coefficient (Wildman–Crippen LogP) is 2.79. The van der Waals surface area contributed by atoms with Crippen LogP contribution in [0, 0.1) is 6.92 Å². The van der Waals surface area contributed by atoms with Crippen LogP contribution in [0.2, 0.25) is 0 Å². The molecule has 0 spiro atoms. The molecule has 1 unspecified atom stereocenters. The predicted molar refractivity (Wildman–Crippen MR) is 96.2 cm³/mol. The van der Waals surface area contributed by atoms with E-state index in [2.05, 4.69) is 15.8 Å². The summed E-state index contributed by atoms with van der Waals surface area (Å²) in [6, 6.07) is 8.89. The van der Waals surface area contributed by atoms with Crippen LogP contribution in [-0.2, 0) is 16.1 Å². The third kappa shape index (κ3) is 5.34. The van der Waals surface area contributed by atoms with E-state index in [4.69, 9.17) is 4.52 Å². The van der Waals surface area contributed by atoms with Gasteiger partial charge in [0.2, 0.25) is 11.8 Å². The highest BCUT2D eigenvalue weighted by molar-refractivity contribution is 5.95. The van der Waals surface area contributed by atoms with Crippen molar-refractivity contribution in [3.8, 4) is 0 Å².